The van der Waals surface area contributed by atoms with Crippen molar-refractivity contribution in [2.24, 2.45) is 29.1 Å². The minimum Gasteiger partial charge on any atom is -0.493 e. The van der Waals surface area contributed by atoms with Crippen LogP contribution in [0, 0.1) is 34.9 Å². The second-order valence-corrected chi connectivity index (χ2v) is 12.0. The lowest BCUT2D eigenvalue weighted by Crippen LogP contribution is -2.48. The SMILES string of the molecule is CC1[C@H](F)CN(C(=O)c2cc(C3CC3)c(OCC34CC5CC(CC(C5)C3)C4)cc2F)[C@@H]1C(=O)O. The Hall–Kier alpha value is -2.18. The topological polar surface area (TPSA) is 66.8 Å². The second-order valence-electron chi connectivity index (χ2n) is 12.0. The number of amides is 1. The number of hydrogen-bond donors (Lipinski definition) is 1. The van der Waals surface area contributed by atoms with Crippen molar-refractivity contribution >= 4 is 11.9 Å². The molecule has 1 N–H and O–H groups in total. The number of ether oxygens (including phenoxy) is 1. The molecule has 1 aliphatic heterocycles. The smallest absolute Gasteiger partial charge is 0.326 e. The van der Waals surface area contributed by atoms with Crippen LogP contribution in [0.5, 0.6) is 5.75 Å². The lowest BCUT2D eigenvalue weighted by molar-refractivity contribution is -0.142. The van der Waals surface area contributed by atoms with E-state index in [1.807, 2.05) is 0 Å². The molecule has 7 rings (SSSR count). The fourth-order valence-corrected chi connectivity index (χ4v) is 7.94. The molecule has 1 aromatic carbocycles. The normalized spacial score (nSPS) is 38.4. The van der Waals surface area contributed by atoms with E-state index in [4.69, 9.17) is 4.74 Å². The van der Waals surface area contributed by atoms with Crippen molar-refractivity contribution in [2.75, 3.05) is 13.2 Å². The zero-order valence-electron chi connectivity index (χ0n) is 19.6. The third-order valence-electron chi connectivity index (χ3n) is 9.34. The monoisotopic (exact) mass is 473 g/mol. The van der Waals surface area contributed by atoms with Crippen LogP contribution in [0.4, 0.5) is 8.78 Å². The highest BCUT2D eigenvalue weighted by Gasteiger charge is 2.51. The number of hydrogen-bond acceptors (Lipinski definition) is 3. The number of likely N-dealkylation sites (tertiary alicyclic amines) is 1. The molecule has 4 bridgehead atoms. The molecule has 5 aliphatic carbocycles. The van der Waals surface area contributed by atoms with Gasteiger partial charge in [0.15, 0.2) is 0 Å². The maximum absolute atomic E-state index is 15.3. The van der Waals surface area contributed by atoms with Crippen LogP contribution in [-0.2, 0) is 4.79 Å². The molecule has 1 saturated heterocycles. The summed E-state index contributed by atoms with van der Waals surface area (Å²) in [5.74, 6) is -0.438. The van der Waals surface area contributed by atoms with Crippen molar-refractivity contribution in [1.29, 1.82) is 0 Å². The van der Waals surface area contributed by atoms with E-state index in [2.05, 4.69) is 0 Å². The van der Waals surface area contributed by atoms with Crippen LogP contribution in [0.3, 0.4) is 0 Å². The van der Waals surface area contributed by atoms with Gasteiger partial charge in [-0.05, 0) is 86.7 Å². The lowest BCUT2D eigenvalue weighted by Gasteiger charge is -2.56. The average molecular weight is 474 g/mol. The van der Waals surface area contributed by atoms with Crippen molar-refractivity contribution < 1.29 is 28.2 Å². The molecule has 6 aliphatic rings. The maximum Gasteiger partial charge on any atom is 0.326 e. The minimum atomic E-state index is -1.45. The lowest BCUT2D eigenvalue weighted by atomic mass is 9.50. The average Bonchev–Trinajstić information content (AvgIpc) is 3.56. The molecular formula is C27H33F2NO4. The molecule has 1 heterocycles. The number of nitrogens with zero attached hydrogens (tertiary/aromatic N) is 1. The van der Waals surface area contributed by atoms with E-state index in [-0.39, 0.29) is 23.4 Å². The van der Waals surface area contributed by atoms with Crippen LogP contribution in [0.15, 0.2) is 12.1 Å². The first-order valence-electron chi connectivity index (χ1n) is 12.9. The van der Waals surface area contributed by atoms with Gasteiger partial charge in [-0.3, -0.25) is 4.79 Å². The van der Waals surface area contributed by atoms with Gasteiger partial charge in [0.1, 0.15) is 23.8 Å². The fourth-order valence-electron chi connectivity index (χ4n) is 7.94. The van der Waals surface area contributed by atoms with Gasteiger partial charge in [-0.15, -0.1) is 0 Å². The van der Waals surface area contributed by atoms with Crippen molar-refractivity contribution in [3.8, 4) is 5.75 Å². The summed E-state index contributed by atoms with van der Waals surface area (Å²) in [5.41, 5.74) is 0.832. The van der Waals surface area contributed by atoms with Crippen molar-refractivity contribution in [1.82, 2.24) is 4.90 Å². The Bertz CT molecular complexity index is 987. The number of alkyl halides is 1. The van der Waals surface area contributed by atoms with E-state index in [1.54, 1.807) is 6.07 Å². The molecule has 1 amide bonds. The van der Waals surface area contributed by atoms with Gasteiger partial charge in [0.05, 0.1) is 18.7 Å². The summed E-state index contributed by atoms with van der Waals surface area (Å²) in [7, 11) is 0. The van der Waals surface area contributed by atoms with E-state index >= 15 is 4.39 Å². The molecule has 0 aromatic heterocycles. The Morgan fingerprint density at radius 3 is 2.29 bits per heavy atom. The summed E-state index contributed by atoms with van der Waals surface area (Å²) in [5, 5.41) is 9.55. The van der Waals surface area contributed by atoms with Crippen molar-refractivity contribution in [3.63, 3.8) is 0 Å². The van der Waals surface area contributed by atoms with E-state index in [9.17, 15) is 19.1 Å². The van der Waals surface area contributed by atoms with E-state index in [0.29, 0.717) is 12.4 Å². The highest BCUT2D eigenvalue weighted by Crippen LogP contribution is 2.60. The molecule has 5 saturated carbocycles. The summed E-state index contributed by atoms with van der Waals surface area (Å²) in [6.07, 6.45) is 8.12. The molecule has 3 atom stereocenters. The number of halogens is 2. The summed E-state index contributed by atoms with van der Waals surface area (Å²) < 4.78 is 35.9. The molecule has 184 valence electrons. The first kappa shape index (κ1) is 22.3. The van der Waals surface area contributed by atoms with Crippen LogP contribution in [0.25, 0.3) is 0 Å². The largest absolute Gasteiger partial charge is 0.493 e. The van der Waals surface area contributed by atoms with Gasteiger partial charge in [-0.1, -0.05) is 6.92 Å². The number of benzene rings is 1. The number of carboxylic acids is 1. The molecule has 34 heavy (non-hydrogen) atoms. The van der Waals surface area contributed by atoms with Gasteiger partial charge >= 0.3 is 5.97 Å². The van der Waals surface area contributed by atoms with Gasteiger partial charge in [0.2, 0.25) is 0 Å². The first-order chi connectivity index (χ1) is 16.2. The molecular weight excluding hydrogens is 440 g/mol. The minimum absolute atomic E-state index is 0.184. The number of carboxylic acid groups (broad SMARTS) is 1. The van der Waals surface area contributed by atoms with E-state index < -0.39 is 35.8 Å². The van der Waals surface area contributed by atoms with Crippen LogP contribution < -0.4 is 4.74 Å². The number of carbonyl (C=O) groups is 2. The Morgan fingerprint density at radius 2 is 1.74 bits per heavy atom. The highest BCUT2D eigenvalue weighted by molar-refractivity contribution is 5.97. The molecule has 6 fully saturated rings. The van der Waals surface area contributed by atoms with Gasteiger partial charge in [-0.25, -0.2) is 13.6 Å². The first-order valence-corrected chi connectivity index (χ1v) is 12.9. The summed E-state index contributed by atoms with van der Waals surface area (Å²) in [4.78, 5) is 25.9. The van der Waals surface area contributed by atoms with E-state index in [1.165, 1.54) is 51.5 Å². The van der Waals surface area contributed by atoms with Crippen LogP contribution in [-0.4, -0.2) is 47.2 Å². The zero-order chi connectivity index (χ0) is 23.8. The summed E-state index contributed by atoms with van der Waals surface area (Å²) in [6, 6.07) is 1.56. The Balaban J connectivity index is 1.25. The summed E-state index contributed by atoms with van der Waals surface area (Å²) in [6.45, 7) is 1.74. The van der Waals surface area contributed by atoms with Gasteiger partial charge in [0, 0.05) is 17.4 Å². The zero-order valence-corrected chi connectivity index (χ0v) is 19.6. The second kappa shape index (κ2) is 7.92. The number of carbonyl (C=O) groups excluding carboxylic acids is 1. The molecule has 5 nitrogen and oxygen atoms in total. The fraction of sp³-hybridized carbons (Fsp3) is 0.704. The highest BCUT2D eigenvalue weighted by atomic mass is 19.1. The number of aliphatic carboxylic acids is 1. The molecule has 0 radical (unpaired) electrons. The Morgan fingerprint density at radius 1 is 1.12 bits per heavy atom. The maximum atomic E-state index is 15.3. The van der Waals surface area contributed by atoms with Gasteiger partial charge in [-0.2, -0.15) is 0 Å². The van der Waals surface area contributed by atoms with Crippen LogP contribution in [0.2, 0.25) is 0 Å². The third kappa shape index (κ3) is 3.70. The van der Waals surface area contributed by atoms with Crippen LogP contribution >= 0.6 is 0 Å². The van der Waals surface area contributed by atoms with E-state index in [0.717, 1.165) is 41.1 Å². The summed E-state index contributed by atoms with van der Waals surface area (Å²) >= 11 is 0. The Labute approximate surface area is 198 Å². The van der Waals surface area contributed by atoms with Gasteiger partial charge in [0.25, 0.3) is 5.91 Å². The van der Waals surface area contributed by atoms with Crippen molar-refractivity contribution in [3.05, 3.63) is 29.1 Å². The number of rotatable bonds is 6. The molecule has 0 spiro atoms. The standard InChI is InChI=1S/C27H33F2NO4/c1-14-22(29)12-30(24(14)26(32)33)25(31)20-7-19(18-2-3-18)23(8-21(20)28)34-13-27-9-15-4-16(10-27)6-17(5-15)11-27/h7-8,14-18,22,24H,2-6,9-13H2,1H3,(H,32,33)/t14?,15?,16?,17?,22-,24+,27?/m1/s1. The third-order valence-corrected chi connectivity index (χ3v) is 9.34. The predicted molar refractivity (Wildman–Crippen MR) is 121 cm³/mol. The van der Waals surface area contributed by atoms with Crippen LogP contribution in [0.1, 0.15) is 80.1 Å². The molecule has 1 aromatic rings. The molecule has 1 unspecified atom stereocenters. The Kier molecular flexibility index (Phi) is 5.19. The van der Waals surface area contributed by atoms with Crippen molar-refractivity contribution in [2.45, 2.75) is 76.4 Å². The molecule has 7 heteroatoms. The predicted octanol–water partition coefficient (Wildman–Crippen LogP) is 5.18. The quantitative estimate of drug-likeness (QED) is 0.618. The van der Waals surface area contributed by atoms with Gasteiger partial charge < -0.3 is 14.7 Å².